The number of hydrogen-bond acceptors (Lipinski definition) is 6. The van der Waals surface area contributed by atoms with Gasteiger partial charge in [-0.05, 0) is 60.4 Å². The average Bonchev–Trinajstić information content (AvgIpc) is 3.11. The number of nitrogens with zero attached hydrogens (tertiary/aromatic N) is 3. The zero-order valence-corrected chi connectivity index (χ0v) is 20.5. The fraction of sp³-hybridized carbons (Fsp3) is 0.185. The summed E-state index contributed by atoms with van der Waals surface area (Å²) < 4.78 is 47.2. The first-order valence-electron chi connectivity index (χ1n) is 11.5. The molecule has 0 atom stereocenters. The van der Waals surface area contributed by atoms with Gasteiger partial charge in [-0.15, -0.1) is 0 Å². The topological polar surface area (TPSA) is 84.4 Å². The molecule has 0 radical (unpaired) electrons. The molecular weight excluding hydrogens is 479 g/mol. The van der Waals surface area contributed by atoms with E-state index in [4.69, 9.17) is 4.74 Å². The van der Waals surface area contributed by atoms with E-state index in [9.17, 15) is 12.8 Å². The second-order valence-corrected chi connectivity index (χ2v) is 10.2. The van der Waals surface area contributed by atoms with Gasteiger partial charge in [0, 0.05) is 24.7 Å². The molecule has 1 aliphatic rings. The van der Waals surface area contributed by atoms with E-state index in [0.29, 0.717) is 23.8 Å². The second kappa shape index (κ2) is 9.94. The molecule has 1 N–H and O–H groups in total. The zero-order chi connectivity index (χ0) is 25.1. The monoisotopic (exact) mass is 504 g/mol. The minimum Gasteiger partial charge on any atom is -0.497 e. The molecule has 1 aromatic heterocycles. The Morgan fingerprint density at radius 3 is 2.50 bits per heavy atom. The van der Waals surface area contributed by atoms with Crippen molar-refractivity contribution in [2.45, 2.75) is 24.3 Å². The van der Waals surface area contributed by atoms with Crippen molar-refractivity contribution in [3.8, 4) is 17.0 Å². The lowest BCUT2D eigenvalue weighted by molar-refractivity contribution is 0.415. The number of aryl methyl sites for hydroxylation is 1. The van der Waals surface area contributed by atoms with Gasteiger partial charge < -0.3 is 9.64 Å². The Kier molecular flexibility index (Phi) is 6.56. The number of benzene rings is 3. The molecule has 184 valence electrons. The van der Waals surface area contributed by atoms with E-state index in [1.807, 2.05) is 42.5 Å². The van der Waals surface area contributed by atoms with Crippen LogP contribution >= 0.6 is 0 Å². The van der Waals surface area contributed by atoms with E-state index in [1.165, 1.54) is 23.3 Å². The van der Waals surface area contributed by atoms with Crippen LogP contribution in [0.5, 0.6) is 5.75 Å². The Morgan fingerprint density at radius 2 is 1.72 bits per heavy atom. The van der Waals surface area contributed by atoms with Gasteiger partial charge in [-0.3, -0.25) is 0 Å². The van der Waals surface area contributed by atoms with Crippen LogP contribution in [0.2, 0.25) is 0 Å². The highest BCUT2D eigenvalue weighted by molar-refractivity contribution is 7.92. The lowest BCUT2D eigenvalue weighted by atomic mass is 10.0. The summed E-state index contributed by atoms with van der Waals surface area (Å²) in [5, 5.41) is 0. The molecule has 0 saturated heterocycles. The molecule has 4 aromatic rings. The number of sulfonamides is 1. The van der Waals surface area contributed by atoms with Gasteiger partial charge in [-0.2, -0.15) is 4.98 Å². The fourth-order valence-corrected chi connectivity index (χ4v) is 5.21. The van der Waals surface area contributed by atoms with Crippen LogP contribution in [-0.4, -0.2) is 32.0 Å². The summed E-state index contributed by atoms with van der Waals surface area (Å²) in [7, 11) is -2.45. The molecule has 0 aliphatic carbocycles. The largest absolute Gasteiger partial charge is 0.497 e. The van der Waals surface area contributed by atoms with Gasteiger partial charge >= 0.3 is 0 Å². The normalized spacial score (nSPS) is 13.6. The highest BCUT2D eigenvalue weighted by Gasteiger charge is 2.21. The molecule has 36 heavy (non-hydrogen) atoms. The summed E-state index contributed by atoms with van der Waals surface area (Å²) in [4.78, 5) is 11.2. The maximum atomic E-state index is 13.3. The van der Waals surface area contributed by atoms with E-state index in [-0.39, 0.29) is 10.8 Å². The maximum Gasteiger partial charge on any atom is 0.264 e. The molecule has 9 heteroatoms. The predicted octanol–water partition coefficient (Wildman–Crippen LogP) is 5.04. The first-order valence-corrected chi connectivity index (χ1v) is 13.0. The number of rotatable bonds is 6. The summed E-state index contributed by atoms with van der Waals surface area (Å²) in [5.41, 5.74) is 3.83. The van der Waals surface area contributed by atoms with Gasteiger partial charge in [-0.1, -0.05) is 36.4 Å². The van der Waals surface area contributed by atoms with Crippen molar-refractivity contribution in [2.24, 2.45) is 0 Å². The fourth-order valence-electron chi connectivity index (χ4n) is 4.26. The number of methoxy groups -OCH3 is 1. The van der Waals surface area contributed by atoms with Gasteiger partial charge in [0.1, 0.15) is 17.4 Å². The van der Waals surface area contributed by atoms with Crippen LogP contribution in [0, 0.1) is 5.82 Å². The Bertz CT molecular complexity index is 1490. The number of anilines is 2. The molecule has 5 rings (SSSR count). The number of ether oxygens (including phenoxy) is 1. The van der Waals surface area contributed by atoms with E-state index >= 15 is 0 Å². The third kappa shape index (κ3) is 5.16. The van der Waals surface area contributed by atoms with Crippen molar-refractivity contribution in [2.75, 3.05) is 23.3 Å². The Morgan fingerprint density at radius 1 is 0.944 bits per heavy atom. The summed E-state index contributed by atoms with van der Waals surface area (Å²) in [6, 6.07) is 22.2. The Hall–Kier alpha value is -3.98. The quantitative estimate of drug-likeness (QED) is 0.396. The molecule has 0 unspecified atom stereocenters. The molecule has 3 aromatic carbocycles. The number of halogens is 1. The Labute approximate surface area is 209 Å². The maximum absolute atomic E-state index is 13.3. The third-order valence-corrected chi connectivity index (χ3v) is 7.45. The smallest absolute Gasteiger partial charge is 0.264 e. The first kappa shape index (κ1) is 23.7. The van der Waals surface area contributed by atoms with Crippen molar-refractivity contribution < 1.29 is 17.5 Å². The third-order valence-electron chi connectivity index (χ3n) is 6.11. The van der Waals surface area contributed by atoms with Gasteiger partial charge in [0.25, 0.3) is 10.0 Å². The van der Waals surface area contributed by atoms with Gasteiger partial charge in [0.05, 0.1) is 17.7 Å². The van der Waals surface area contributed by atoms with Crippen LogP contribution in [0.3, 0.4) is 0 Å². The lowest BCUT2D eigenvalue weighted by Crippen LogP contribution is -2.25. The van der Waals surface area contributed by atoms with Crippen LogP contribution in [0.4, 0.5) is 16.2 Å². The highest BCUT2D eigenvalue weighted by Crippen LogP contribution is 2.29. The van der Waals surface area contributed by atoms with Crippen molar-refractivity contribution in [3.05, 3.63) is 95.8 Å². The van der Waals surface area contributed by atoms with Crippen molar-refractivity contribution in [1.82, 2.24) is 9.97 Å². The molecule has 2 heterocycles. The van der Waals surface area contributed by atoms with Gasteiger partial charge in [0.15, 0.2) is 0 Å². The van der Waals surface area contributed by atoms with Crippen LogP contribution in [0.25, 0.3) is 11.3 Å². The number of aromatic nitrogens is 2. The minimum absolute atomic E-state index is 0.0628. The number of hydrogen-bond donors (Lipinski definition) is 1. The number of nitrogens with one attached hydrogen (secondary N) is 1. The standard InChI is InChI=1S/C27H25FN4O3S/c1-35-23-10-4-8-20(16-23)25-17-26(32-15-5-9-19-6-2-3-7-21(19)18-32)30-27(29-25)31-36(33,34)24-13-11-22(28)12-14-24/h2-4,6-8,10-14,16-17H,5,9,15,18H2,1H3,(H,29,30,31). The second-order valence-electron chi connectivity index (χ2n) is 8.52. The van der Waals surface area contributed by atoms with E-state index in [1.54, 1.807) is 7.11 Å². The van der Waals surface area contributed by atoms with Crippen molar-refractivity contribution >= 4 is 21.8 Å². The Balaban J connectivity index is 1.56. The molecule has 0 bridgehead atoms. The molecule has 0 fully saturated rings. The van der Waals surface area contributed by atoms with Crippen LogP contribution < -0.4 is 14.4 Å². The van der Waals surface area contributed by atoms with Gasteiger partial charge in [0.2, 0.25) is 5.95 Å². The highest BCUT2D eigenvalue weighted by atomic mass is 32.2. The molecule has 0 spiro atoms. The van der Waals surface area contributed by atoms with E-state index in [0.717, 1.165) is 37.1 Å². The molecule has 1 aliphatic heterocycles. The molecule has 0 amide bonds. The van der Waals surface area contributed by atoms with E-state index < -0.39 is 15.8 Å². The first-order chi connectivity index (χ1) is 17.4. The minimum atomic E-state index is -4.03. The molecular formula is C27H25FN4O3S. The predicted molar refractivity (Wildman–Crippen MR) is 137 cm³/mol. The molecule has 0 saturated carbocycles. The number of fused-ring (bicyclic) bond motifs is 1. The zero-order valence-electron chi connectivity index (χ0n) is 19.7. The van der Waals surface area contributed by atoms with Crippen LogP contribution in [-0.2, 0) is 23.0 Å². The van der Waals surface area contributed by atoms with Crippen molar-refractivity contribution in [3.63, 3.8) is 0 Å². The lowest BCUT2D eigenvalue weighted by Gasteiger charge is -2.23. The van der Waals surface area contributed by atoms with Gasteiger partial charge in [-0.25, -0.2) is 22.5 Å². The molecule has 7 nitrogen and oxygen atoms in total. The summed E-state index contributed by atoms with van der Waals surface area (Å²) in [6.07, 6.45) is 1.90. The average molecular weight is 505 g/mol. The summed E-state index contributed by atoms with van der Waals surface area (Å²) in [5.74, 6) is 0.683. The summed E-state index contributed by atoms with van der Waals surface area (Å²) >= 11 is 0. The summed E-state index contributed by atoms with van der Waals surface area (Å²) in [6.45, 7) is 1.41. The van der Waals surface area contributed by atoms with E-state index in [2.05, 4.69) is 31.7 Å². The van der Waals surface area contributed by atoms with Crippen LogP contribution in [0.15, 0.2) is 83.8 Å². The van der Waals surface area contributed by atoms with Crippen molar-refractivity contribution in [1.29, 1.82) is 0 Å². The van der Waals surface area contributed by atoms with Crippen LogP contribution in [0.1, 0.15) is 17.5 Å². The SMILES string of the molecule is COc1cccc(-c2cc(N3CCCc4ccccc4C3)nc(NS(=O)(=O)c3ccc(F)cc3)n2)c1.